The summed E-state index contributed by atoms with van der Waals surface area (Å²) in [6, 6.07) is 0.387. The summed E-state index contributed by atoms with van der Waals surface area (Å²) in [5.41, 5.74) is -0.146. The van der Waals surface area contributed by atoms with Crippen LogP contribution in [0.1, 0.15) is 56.0 Å². The molecule has 2 heterocycles. The van der Waals surface area contributed by atoms with Gasteiger partial charge in [-0.1, -0.05) is 6.92 Å². The summed E-state index contributed by atoms with van der Waals surface area (Å²) in [5.74, 6) is 0. The van der Waals surface area contributed by atoms with Gasteiger partial charge in [-0.05, 0) is 39.7 Å². The van der Waals surface area contributed by atoms with Gasteiger partial charge >= 0.3 is 0 Å². The summed E-state index contributed by atoms with van der Waals surface area (Å²) in [6.45, 7) is 8.35. The lowest BCUT2D eigenvalue weighted by Gasteiger charge is -2.31. The van der Waals surface area contributed by atoms with E-state index in [4.69, 9.17) is 4.74 Å². The fourth-order valence-corrected chi connectivity index (χ4v) is 3.31. The highest BCUT2D eigenvalue weighted by Gasteiger charge is 2.33. The van der Waals surface area contributed by atoms with Crippen molar-refractivity contribution in [1.29, 1.82) is 0 Å². The van der Waals surface area contributed by atoms with Crippen molar-refractivity contribution in [3.05, 3.63) is 16.1 Å². The van der Waals surface area contributed by atoms with E-state index in [0.29, 0.717) is 6.04 Å². The van der Waals surface area contributed by atoms with Crippen molar-refractivity contribution >= 4 is 11.3 Å². The topological polar surface area (TPSA) is 34.2 Å². The first kappa shape index (κ1) is 13.0. The highest BCUT2D eigenvalue weighted by atomic mass is 32.1. The lowest BCUT2D eigenvalue weighted by molar-refractivity contribution is -0.0702. The van der Waals surface area contributed by atoms with Crippen LogP contribution in [0.5, 0.6) is 0 Å². The quantitative estimate of drug-likeness (QED) is 0.895. The molecule has 17 heavy (non-hydrogen) atoms. The first-order chi connectivity index (χ1) is 8.15. The Hall–Kier alpha value is -0.450. The average Bonchev–Trinajstić information content (AvgIpc) is 2.80. The molecule has 1 aromatic rings. The molecule has 1 aliphatic heterocycles. The van der Waals surface area contributed by atoms with Crippen LogP contribution in [0.4, 0.5) is 0 Å². The second kappa shape index (κ2) is 5.46. The maximum Gasteiger partial charge on any atom is 0.125 e. The van der Waals surface area contributed by atoms with Crippen LogP contribution in [0.25, 0.3) is 0 Å². The highest BCUT2D eigenvalue weighted by Crippen LogP contribution is 2.37. The summed E-state index contributed by atoms with van der Waals surface area (Å²) in [7, 11) is 0. The molecular formula is C13H22N2OS. The van der Waals surface area contributed by atoms with Gasteiger partial charge < -0.3 is 10.1 Å². The molecule has 3 nitrogen and oxygen atoms in total. The van der Waals surface area contributed by atoms with E-state index in [1.54, 1.807) is 11.3 Å². The van der Waals surface area contributed by atoms with E-state index in [9.17, 15) is 0 Å². The molecule has 96 valence electrons. The maximum absolute atomic E-state index is 5.93. The molecule has 0 bridgehead atoms. The SMILES string of the molecule is CCNC(C)c1cnc(C2(C)CCCCO2)s1. The van der Waals surface area contributed by atoms with Crippen molar-refractivity contribution in [3.63, 3.8) is 0 Å². The van der Waals surface area contributed by atoms with Crippen molar-refractivity contribution < 1.29 is 4.74 Å². The maximum atomic E-state index is 5.93. The van der Waals surface area contributed by atoms with Crippen LogP contribution >= 0.6 is 11.3 Å². The molecule has 1 saturated heterocycles. The number of ether oxygens (including phenoxy) is 1. The summed E-state index contributed by atoms with van der Waals surface area (Å²) in [6.07, 6.45) is 5.52. The van der Waals surface area contributed by atoms with Gasteiger partial charge in [-0.2, -0.15) is 0 Å². The molecule has 0 radical (unpaired) electrons. The van der Waals surface area contributed by atoms with E-state index >= 15 is 0 Å². The van der Waals surface area contributed by atoms with Gasteiger partial charge in [0.25, 0.3) is 0 Å². The largest absolute Gasteiger partial charge is 0.368 e. The molecule has 0 aromatic carbocycles. The van der Waals surface area contributed by atoms with Gasteiger partial charge in [0.2, 0.25) is 0 Å². The molecular weight excluding hydrogens is 232 g/mol. The van der Waals surface area contributed by atoms with Crippen molar-refractivity contribution in [1.82, 2.24) is 10.3 Å². The monoisotopic (exact) mass is 254 g/mol. The number of hydrogen-bond donors (Lipinski definition) is 1. The van der Waals surface area contributed by atoms with E-state index in [-0.39, 0.29) is 5.60 Å². The first-order valence-electron chi connectivity index (χ1n) is 6.49. The summed E-state index contributed by atoms with van der Waals surface area (Å²) >= 11 is 1.79. The zero-order valence-electron chi connectivity index (χ0n) is 11.0. The number of aromatic nitrogens is 1. The standard InChI is InChI=1S/C13H22N2OS/c1-4-14-10(2)11-9-15-12(17-11)13(3)7-5-6-8-16-13/h9-10,14H,4-8H2,1-3H3. The minimum Gasteiger partial charge on any atom is -0.368 e. The Morgan fingerprint density at radius 3 is 3.06 bits per heavy atom. The van der Waals surface area contributed by atoms with Gasteiger partial charge in [0.1, 0.15) is 10.6 Å². The van der Waals surface area contributed by atoms with Gasteiger partial charge in [0, 0.05) is 23.7 Å². The molecule has 2 atom stereocenters. The van der Waals surface area contributed by atoms with Crippen molar-refractivity contribution in [2.75, 3.05) is 13.2 Å². The number of rotatable bonds is 4. The van der Waals surface area contributed by atoms with Crippen molar-refractivity contribution in [3.8, 4) is 0 Å². The minimum atomic E-state index is -0.146. The molecule has 1 fully saturated rings. The third-order valence-corrected chi connectivity index (χ3v) is 4.81. The zero-order chi connectivity index (χ0) is 12.3. The van der Waals surface area contributed by atoms with Gasteiger partial charge in [0.15, 0.2) is 0 Å². The normalized spacial score (nSPS) is 27.0. The molecule has 1 N–H and O–H groups in total. The summed E-state index contributed by atoms with van der Waals surface area (Å²) < 4.78 is 5.93. The molecule has 0 aliphatic carbocycles. The molecule has 0 saturated carbocycles. The number of nitrogens with one attached hydrogen (secondary N) is 1. The fourth-order valence-electron chi connectivity index (χ4n) is 2.24. The van der Waals surface area contributed by atoms with E-state index in [2.05, 4.69) is 31.1 Å². The Kier molecular flexibility index (Phi) is 4.17. The lowest BCUT2D eigenvalue weighted by Crippen LogP contribution is -2.29. The van der Waals surface area contributed by atoms with Crippen LogP contribution in [0.2, 0.25) is 0 Å². The zero-order valence-corrected chi connectivity index (χ0v) is 11.8. The Bertz CT molecular complexity index is 358. The van der Waals surface area contributed by atoms with E-state index in [0.717, 1.165) is 24.6 Å². The second-order valence-electron chi connectivity index (χ2n) is 4.88. The van der Waals surface area contributed by atoms with Gasteiger partial charge in [-0.3, -0.25) is 0 Å². The van der Waals surface area contributed by atoms with E-state index in [1.165, 1.54) is 17.7 Å². The predicted molar refractivity (Wildman–Crippen MR) is 71.4 cm³/mol. The number of hydrogen-bond acceptors (Lipinski definition) is 4. The van der Waals surface area contributed by atoms with Crippen LogP contribution < -0.4 is 5.32 Å². The Morgan fingerprint density at radius 2 is 2.41 bits per heavy atom. The fraction of sp³-hybridized carbons (Fsp3) is 0.769. The van der Waals surface area contributed by atoms with Crippen LogP contribution in [0.3, 0.4) is 0 Å². The lowest BCUT2D eigenvalue weighted by atomic mass is 9.97. The molecule has 0 amide bonds. The molecule has 0 spiro atoms. The molecule has 1 aliphatic rings. The summed E-state index contributed by atoms with van der Waals surface area (Å²) in [5, 5.41) is 4.56. The smallest absolute Gasteiger partial charge is 0.125 e. The molecule has 2 rings (SSSR count). The van der Waals surface area contributed by atoms with E-state index < -0.39 is 0 Å². The van der Waals surface area contributed by atoms with Crippen LogP contribution in [-0.4, -0.2) is 18.1 Å². The molecule has 4 heteroatoms. The predicted octanol–water partition coefficient (Wildman–Crippen LogP) is 3.23. The van der Waals surface area contributed by atoms with Crippen molar-refractivity contribution in [2.45, 2.75) is 51.7 Å². The molecule has 2 unspecified atom stereocenters. The highest BCUT2D eigenvalue weighted by molar-refractivity contribution is 7.11. The second-order valence-corrected chi connectivity index (χ2v) is 5.95. The Morgan fingerprint density at radius 1 is 1.59 bits per heavy atom. The molecule has 1 aromatic heterocycles. The van der Waals surface area contributed by atoms with Crippen LogP contribution in [0, 0.1) is 0 Å². The van der Waals surface area contributed by atoms with Gasteiger partial charge in [-0.25, -0.2) is 4.98 Å². The van der Waals surface area contributed by atoms with Gasteiger partial charge in [-0.15, -0.1) is 11.3 Å². The first-order valence-corrected chi connectivity index (χ1v) is 7.31. The third kappa shape index (κ3) is 2.87. The minimum absolute atomic E-state index is 0.146. The number of nitrogens with zero attached hydrogens (tertiary/aromatic N) is 1. The summed E-state index contributed by atoms with van der Waals surface area (Å²) in [4.78, 5) is 5.87. The van der Waals surface area contributed by atoms with Crippen LogP contribution in [0.15, 0.2) is 6.20 Å². The van der Waals surface area contributed by atoms with Gasteiger partial charge in [0.05, 0.1) is 0 Å². The average molecular weight is 254 g/mol. The Balaban J connectivity index is 2.11. The third-order valence-electron chi connectivity index (χ3n) is 3.38. The van der Waals surface area contributed by atoms with Crippen LogP contribution in [-0.2, 0) is 10.3 Å². The Labute approximate surface area is 108 Å². The van der Waals surface area contributed by atoms with E-state index in [1.807, 2.05) is 6.20 Å². The van der Waals surface area contributed by atoms with Crippen molar-refractivity contribution in [2.24, 2.45) is 0 Å². The number of thiazole rings is 1.